The number of amides is 2. The number of benzene rings is 3. The molecule has 20 heteroatoms. The van der Waals surface area contributed by atoms with Crippen molar-refractivity contribution in [1.82, 2.24) is 49.3 Å². The molecule has 7 aromatic rings. The molecule has 2 aliphatic rings. The fourth-order valence-corrected chi connectivity index (χ4v) is 8.96. The number of nitrogens with zero attached hydrogens (tertiary/aromatic N) is 10. The minimum absolute atomic E-state index is 0.0177. The van der Waals surface area contributed by atoms with Crippen molar-refractivity contribution in [3.8, 4) is 17.0 Å². The molecule has 0 unspecified atom stereocenters. The molecule has 4 aromatic heterocycles. The number of carbonyl (C=O) groups is 2. The number of hydrogen-bond donors (Lipinski definition) is 4. The second-order valence-electron chi connectivity index (χ2n) is 17.6. The first-order valence-electron chi connectivity index (χ1n) is 22.3. The van der Waals surface area contributed by atoms with Crippen molar-refractivity contribution in [3.05, 3.63) is 117 Å². The zero-order chi connectivity index (χ0) is 48.0. The molecular weight excluding hydrogens is 939 g/mol. The zero-order valence-electron chi connectivity index (χ0n) is 38.3. The predicted octanol–water partition coefficient (Wildman–Crippen LogP) is 7.19. The lowest BCUT2D eigenvalue weighted by Crippen LogP contribution is -2.54. The van der Waals surface area contributed by atoms with E-state index in [-0.39, 0.29) is 78.3 Å². The van der Waals surface area contributed by atoms with Crippen molar-refractivity contribution in [2.75, 3.05) is 54.6 Å². The Morgan fingerprint density at radius 2 is 1.81 bits per heavy atom. The summed E-state index contributed by atoms with van der Waals surface area (Å²) >= 11 is 3.60. The summed E-state index contributed by atoms with van der Waals surface area (Å²) in [5, 5.41) is 14.2. The van der Waals surface area contributed by atoms with Crippen LogP contribution in [0.3, 0.4) is 0 Å². The molecule has 1 aliphatic heterocycles. The highest BCUT2D eigenvalue weighted by Crippen LogP contribution is 2.41. The number of ether oxygens (including phenoxy) is 1. The van der Waals surface area contributed by atoms with Gasteiger partial charge in [0.05, 0.1) is 46.9 Å². The Hall–Kier alpha value is -7.06. The van der Waals surface area contributed by atoms with E-state index in [2.05, 4.69) is 72.3 Å². The number of halogens is 3. The molecule has 2 fully saturated rings. The number of carbonyl (C=O) groups excluding carboxylic acids is 2. The molecule has 9 rings (SSSR count). The van der Waals surface area contributed by atoms with Crippen LogP contribution in [-0.4, -0.2) is 101 Å². The number of likely N-dealkylation sites (N-methyl/N-ethyl adjacent to an activating group) is 1. The van der Waals surface area contributed by atoms with E-state index < -0.39 is 17.5 Å². The molecule has 1 aliphatic carbocycles. The van der Waals surface area contributed by atoms with Crippen molar-refractivity contribution in [1.29, 1.82) is 0 Å². The van der Waals surface area contributed by atoms with Gasteiger partial charge in [-0.2, -0.15) is 19.6 Å². The SMILES string of the molecule is C=C(Cn1c(CNc2nc(N3C[C@@H](C)N[C@@H](C)C3)nc3c(Br)cnn23)nc2cc(C)ccc21)C(=O)N(C)CCOc1c(N)ncnc1-c1cc(F)cc(NC(=O)c2ccc(C3CC3)cc2F)c1C. The highest BCUT2D eigenvalue weighted by Gasteiger charge is 2.28. The quantitative estimate of drug-likeness (QED) is 0.0754. The highest BCUT2D eigenvalue weighted by molar-refractivity contribution is 9.10. The van der Waals surface area contributed by atoms with Crippen molar-refractivity contribution < 1.29 is 23.1 Å². The molecule has 17 nitrogen and oxygen atoms in total. The smallest absolute Gasteiger partial charge is 0.258 e. The number of hydrogen-bond acceptors (Lipinski definition) is 13. The van der Waals surface area contributed by atoms with Crippen LogP contribution in [0.4, 0.5) is 32.2 Å². The van der Waals surface area contributed by atoms with Crippen LogP contribution in [0, 0.1) is 25.5 Å². The van der Waals surface area contributed by atoms with Crippen LogP contribution in [-0.2, 0) is 17.9 Å². The normalized spacial score (nSPS) is 16.0. The van der Waals surface area contributed by atoms with Gasteiger partial charge in [0, 0.05) is 49.0 Å². The lowest BCUT2D eigenvalue weighted by molar-refractivity contribution is -0.126. The Labute approximate surface area is 399 Å². The monoisotopic (exact) mass is 988 g/mol. The van der Waals surface area contributed by atoms with E-state index in [1.165, 1.54) is 29.4 Å². The Morgan fingerprint density at radius 1 is 1.03 bits per heavy atom. The van der Waals surface area contributed by atoms with Crippen LogP contribution in [0.2, 0.25) is 0 Å². The average Bonchev–Trinajstić information content (AvgIpc) is 4.01. The molecular formula is C48H51BrF2N14O3. The summed E-state index contributed by atoms with van der Waals surface area (Å²) in [6, 6.07) is 13.4. The van der Waals surface area contributed by atoms with Gasteiger partial charge in [-0.15, -0.1) is 0 Å². The van der Waals surface area contributed by atoms with E-state index >= 15 is 8.78 Å². The molecule has 5 heterocycles. The maximum Gasteiger partial charge on any atom is 0.258 e. The first-order chi connectivity index (χ1) is 32.6. The number of nitrogen functional groups attached to an aromatic ring is 1. The Bertz CT molecular complexity index is 3110. The van der Waals surface area contributed by atoms with Crippen molar-refractivity contribution in [2.45, 2.75) is 71.6 Å². The number of aromatic nitrogens is 8. The molecule has 352 valence electrons. The number of imidazole rings is 1. The Morgan fingerprint density at radius 3 is 2.56 bits per heavy atom. The van der Waals surface area contributed by atoms with Gasteiger partial charge in [0.2, 0.25) is 11.9 Å². The summed E-state index contributed by atoms with van der Waals surface area (Å²) < 4.78 is 40.7. The largest absolute Gasteiger partial charge is 0.486 e. The number of rotatable bonds is 15. The summed E-state index contributed by atoms with van der Waals surface area (Å²) in [6.45, 7) is 14.1. The molecule has 0 spiro atoms. The summed E-state index contributed by atoms with van der Waals surface area (Å²) in [5.41, 5.74) is 11.5. The highest BCUT2D eigenvalue weighted by atomic mass is 79.9. The average molecular weight is 990 g/mol. The Kier molecular flexibility index (Phi) is 12.8. The molecule has 0 bridgehead atoms. The number of nitrogens with one attached hydrogen (secondary N) is 3. The minimum Gasteiger partial charge on any atom is -0.486 e. The van der Waals surface area contributed by atoms with Crippen LogP contribution in [0.25, 0.3) is 27.9 Å². The van der Waals surface area contributed by atoms with Crippen LogP contribution < -0.4 is 31.3 Å². The third-order valence-electron chi connectivity index (χ3n) is 12.2. The van der Waals surface area contributed by atoms with Gasteiger partial charge in [-0.1, -0.05) is 18.7 Å². The van der Waals surface area contributed by atoms with Crippen LogP contribution in [0.5, 0.6) is 5.75 Å². The van der Waals surface area contributed by atoms with Gasteiger partial charge < -0.3 is 40.8 Å². The van der Waals surface area contributed by atoms with E-state index in [9.17, 15) is 9.59 Å². The first-order valence-corrected chi connectivity index (χ1v) is 23.1. The predicted molar refractivity (Wildman–Crippen MR) is 260 cm³/mol. The minimum atomic E-state index is -0.724. The molecule has 1 saturated carbocycles. The second-order valence-corrected chi connectivity index (χ2v) is 18.5. The zero-order valence-corrected chi connectivity index (χ0v) is 39.9. The van der Waals surface area contributed by atoms with Crippen molar-refractivity contribution >= 4 is 67.8 Å². The maximum absolute atomic E-state index is 15.3. The van der Waals surface area contributed by atoms with Crippen molar-refractivity contribution in [3.63, 3.8) is 0 Å². The molecule has 0 radical (unpaired) electrons. The number of fused-ring (bicyclic) bond motifs is 2. The van der Waals surface area contributed by atoms with Gasteiger partial charge in [0.25, 0.3) is 11.8 Å². The van der Waals surface area contributed by atoms with E-state index in [0.717, 1.165) is 58.6 Å². The first kappa shape index (κ1) is 46.1. The van der Waals surface area contributed by atoms with Gasteiger partial charge in [-0.25, -0.2) is 23.7 Å². The number of piperazine rings is 1. The number of aryl methyl sites for hydroxylation is 1. The van der Waals surface area contributed by atoms with Gasteiger partial charge in [-0.3, -0.25) is 9.59 Å². The van der Waals surface area contributed by atoms with Crippen LogP contribution >= 0.6 is 15.9 Å². The summed E-state index contributed by atoms with van der Waals surface area (Å²) in [4.78, 5) is 54.0. The third kappa shape index (κ3) is 9.55. The van der Waals surface area contributed by atoms with E-state index in [0.29, 0.717) is 40.4 Å². The van der Waals surface area contributed by atoms with Gasteiger partial charge >= 0.3 is 0 Å². The number of anilines is 4. The molecule has 2 amide bonds. The van der Waals surface area contributed by atoms with E-state index in [4.69, 9.17) is 25.4 Å². The summed E-state index contributed by atoms with van der Waals surface area (Å²) in [6.07, 6.45) is 4.89. The molecule has 3 aromatic carbocycles. The molecule has 68 heavy (non-hydrogen) atoms. The Balaban J connectivity index is 0.886. The van der Waals surface area contributed by atoms with Gasteiger partial charge in [0.15, 0.2) is 17.2 Å². The van der Waals surface area contributed by atoms with E-state index in [1.807, 2.05) is 29.7 Å². The summed E-state index contributed by atoms with van der Waals surface area (Å²) in [7, 11) is 1.63. The lowest BCUT2D eigenvalue weighted by Gasteiger charge is -2.36. The topological polar surface area (TPSA) is 199 Å². The molecule has 5 N–H and O–H groups in total. The van der Waals surface area contributed by atoms with Gasteiger partial charge in [-0.05, 0) is 115 Å². The lowest BCUT2D eigenvalue weighted by atomic mass is 10.0. The fraction of sp³-hybridized carbons (Fsp3) is 0.333. The van der Waals surface area contributed by atoms with Crippen LogP contribution in [0.15, 0.2) is 77.7 Å². The van der Waals surface area contributed by atoms with Crippen LogP contribution in [0.1, 0.15) is 65.5 Å². The van der Waals surface area contributed by atoms with E-state index in [1.54, 1.807) is 30.8 Å². The maximum atomic E-state index is 15.3. The van der Waals surface area contributed by atoms with Gasteiger partial charge in [0.1, 0.15) is 36.1 Å². The second kappa shape index (κ2) is 18.9. The number of nitrogens with two attached hydrogens (primary N) is 1. The summed E-state index contributed by atoms with van der Waals surface area (Å²) in [5.74, 6) is -0.323. The molecule has 2 atom stereocenters. The molecule has 1 saturated heterocycles. The fourth-order valence-electron chi connectivity index (χ4n) is 8.61. The standard InChI is InChI=1S/C48H51BrF2N14O3/c1-25-7-12-39-38(15-25)58-40(20-53-47-61-48(60-44-35(49)19-56-65(44)47)63-22-27(3)57-28(4)23-63)64(39)21-26(2)46(67)62(6)13-14-68-42-41(54-24-55-43(42)52)34-17-32(50)18-37(29(34)5)59-45(66)33-11-10-31(16-36(33)51)30-8-9-30/h7,10-12,15-19,24,27-28,30,57H,2,8-9,13-14,20-23H2,1,3-6H3,(H,59,66)(H2,52,54,55)(H,53,60,61)/t27-,28+. The third-order valence-corrected chi connectivity index (χ3v) is 12.8. The van der Waals surface area contributed by atoms with Crippen molar-refractivity contribution in [2.24, 2.45) is 0 Å².